The first-order valence-corrected chi connectivity index (χ1v) is 5.46. The number of aromatic nitrogens is 1. The van der Waals surface area contributed by atoms with E-state index in [-0.39, 0.29) is 6.54 Å². The Balaban J connectivity index is 2.09. The molecule has 0 aliphatic heterocycles. The summed E-state index contributed by atoms with van der Waals surface area (Å²) in [6, 6.07) is 5.26. The standard InChI is InChI=1S/C13H13F2N3/c1-8-4-13(18-7-12(8)16)17-6-9-2-3-10(14)5-11(9)15/h2-5,7H,6,16H2,1H3,(H,17,18). The van der Waals surface area contributed by atoms with Crippen LogP contribution in [0.3, 0.4) is 0 Å². The summed E-state index contributed by atoms with van der Waals surface area (Å²) in [4.78, 5) is 4.07. The number of aryl methyl sites for hydroxylation is 1. The third-order valence-electron chi connectivity index (χ3n) is 2.63. The smallest absolute Gasteiger partial charge is 0.131 e. The molecule has 0 aliphatic carbocycles. The van der Waals surface area contributed by atoms with Crippen LogP contribution in [0.2, 0.25) is 0 Å². The van der Waals surface area contributed by atoms with Gasteiger partial charge in [0.25, 0.3) is 0 Å². The van der Waals surface area contributed by atoms with Crippen LogP contribution in [-0.2, 0) is 6.54 Å². The number of pyridine rings is 1. The number of benzene rings is 1. The van der Waals surface area contributed by atoms with Crippen molar-refractivity contribution in [2.45, 2.75) is 13.5 Å². The number of anilines is 2. The normalized spacial score (nSPS) is 10.4. The van der Waals surface area contributed by atoms with E-state index in [4.69, 9.17) is 5.73 Å². The van der Waals surface area contributed by atoms with E-state index in [1.165, 1.54) is 12.1 Å². The number of hydrogen-bond acceptors (Lipinski definition) is 3. The van der Waals surface area contributed by atoms with Gasteiger partial charge in [-0.1, -0.05) is 6.07 Å². The van der Waals surface area contributed by atoms with Gasteiger partial charge in [0.2, 0.25) is 0 Å². The number of halogens is 2. The highest BCUT2D eigenvalue weighted by Gasteiger charge is 2.04. The van der Waals surface area contributed by atoms with Gasteiger partial charge in [-0.2, -0.15) is 0 Å². The van der Waals surface area contributed by atoms with Crippen molar-refractivity contribution in [1.82, 2.24) is 4.98 Å². The van der Waals surface area contributed by atoms with Crippen LogP contribution in [-0.4, -0.2) is 4.98 Å². The van der Waals surface area contributed by atoms with Crippen molar-refractivity contribution in [3.8, 4) is 0 Å². The number of nitrogen functional groups attached to an aromatic ring is 1. The van der Waals surface area contributed by atoms with Gasteiger partial charge in [0.05, 0.1) is 11.9 Å². The molecule has 0 aliphatic rings. The SMILES string of the molecule is Cc1cc(NCc2ccc(F)cc2F)ncc1N. The highest BCUT2D eigenvalue weighted by atomic mass is 19.1. The largest absolute Gasteiger partial charge is 0.397 e. The zero-order valence-electron chi connectivity index (χ0n) is 9.87. The Morgan fingerprint density at radius 1 is 1.28 bits per heavy atom. The summed E-state index contributed by atoms with van der Waals surface area (Å²) in [6.07, 6.45) is 1.54. The van der Waals surface area contributed by atoms with Crippen LogP contribution < -0.4 is 11.1 Å². The van der Waals surface area contributed by atoms with Gasteiger partial charge in [-0.25, -0.2) is 13.8 Å². The predicted molar refractivity (Wildman–Crippen MR) is 67.1 cm³/mol. The number of nitrogens with zero attached hydrogens (tertiary/aromatic N) is 1. The van der Waals surface area contributed by atoms with Crippen molar-refractivity contribution in [3.05, 3.63) is 53.2 Å². The third kappa shape index (κ3) is 2.74. The average molecular weight is 249 g/mol. The Labute approximate surface area is 104 Å². The maximum absolute atomic E-state index is 13.4. The Hall–Kier alpha value is -2.17. The molecule has 0 amide bonds. The van der Waals surface area contributed by atoms with E-state index < -0.39 is 11.6 Å². The molecule has 2 rings (SSSR count). The Morgan fingerprint density at radius 2 is 2.06 bits per heavy atom. The molecule has 1 aromatic heterocycles. The van der Waals surface area contributed by atoms with E-state index in [9.17, 15) is 8.78 Å². The molecule has 0 fully saturated rings. The molecular formula is C13H13F2N3. The van der Waals surface area contributed by atoms with Gasteiger partial charge in [-0.05, 0) is 24.6 Å². The minimum Gasteiger partial charge on any atom is -0.397 e. The fraction of sp³-hybridized carbons (Fsp3) is 0.154. The molecular weight excluding hydrogens is 236 g/mol. The molecule has 1 heterocycles. The molecule has 3 N–H and O–H groups in total. The first-order chi connectivity index (χ1) is 8.56. The van der Waals surface area contributed by atoms with Crippen LogP contribution in [0.4, 0.5) is 20.3 Å². The van der Waals surface area contributed by atoms with Crippen molar-refractivity contribution in [2.75, 3.05) is 11.1 Å². The summed E-state index contributed by atoms with van der Waals surface area (Å²) >= 11 is 0. The lowest BCUT2D eigenvalue weighted by atomic mass is 10.2. The van der Waals surface area contributed by atoms with Crippen molar-refractivity contribution < 1.29 is 8.78 Å². The van der Waals surface area contributed by atoms with E-state index in [1.807, 2.05) is 6.92 Å². The summed E-state index contributed by atoms with van der Waals surface area (Å²) < 4.78 is 26.1. The predicted octanol–water partition coefficient (Wildman–Crippen LogP) is 2.86. The minimum atomic E-state index is -0.585. The Bertz CT molecular complexity index is 570. The van der Waals surface area contributed by atoms with E-state index in [2.05, 4.69) is 10.3 Å². The molecule has 0 saturated carbocycles. The zero-order chi connectivity index (χ0) is 13.1. The fourth-order valence-electron chi connectivity index (χ4n) is 1.51. The van der Waals surface area contributed by atoms with Gasteiger partial charge in [0, 0.05) is 18.2 Å². The van der Waals surface area contributed by atoms with Crippen LogP contribution in [0, 0.1) is 18.6 Å². The van der Waals surface area contributed by atoms with Crippen LogP contribution in [0.25, 0.3) is 0 Å². The Kier molecular flexibility index (Phi) is 3.41. The molecule has 0 spiro atoms. The highest BCUT2D eigenvalue weighted by molar-refractivity contribution is 5.51. The quantitative estimate of drug-likeness (QED) is 0.879. The second-order valence-corrected chi connectivity index (χ2v) is 4.02. The summed E-state index contributed by atoms with van der Waals surface area (Å²) in [5, 5.41) is 2.96. The first-order valence-electron chi connectivity index (χ1n) is 5.46. The highest BCUT2D eigenvalue weighted by Crippen LogP contribution is 2.15. The number of rotatable bonds is 3. The second kappa shape index (κ2) is 5.00. The molecule has 94 valence electrons. The topological polar surface area (TPSA) is 50.9 Å². The summed E-state index contributed by atoms with van der Waals surface area (Å²) in [5.41, 5.74) is 7.53. The summed E-state index contributed by atoms with van der Waals surface area (Å²) in [7, 11) is 0. The van der Waals surface area contributed by atoms with Crippen LogP contribution in [0.5, 0.6) is 0 Å². The number of nitrogens with two attached hydrogens (primary N) is 1. The molecule has 0 bridgehead atoms. The molecule has 0 unspecified atom stereocenters. The lowest BCUT2D eigenvalue weighted by Gasteiger charge is -2.08. The third-order valence-corrected chi connectivity index (χ3v) is 2.63. The van der Waals surface area contributed by atoms with Crippen LogP contribution >= 0.6 is 0 Å². The van der Waals surface area contributed by atoms with Gasteiger partial charge < -0.3 is 11.1 Å². The van der Waals surface area contributed by atoms with Crippen molar-refractivity contribution in [1.29, 1.82) is 0 Å². The average Bonchev–Trinajstić information content (AvgIpc) is 2.32. The molecule has 1 aromatic carbocycles. The van der Waals surface area contributed by atoms with Crippen molar-refractivity contribution in [2.24, 2.45) is 0 Å². The lowest BCUT2D eigenvalue weighted by molar-refractivity contribution is 0.574. The van der Waals surface area contributed by atoms with Crippen LogP contribution in [0.1, 0.15) is 11.1 Å². The molecule has 0 saturated heterocycles. The number of nitrogens with one attached hydrogen (secondary N) is 1. The monoisotopic (exact) mass is 249 g/mol. The zero-order valence-corrected chi connectivity index (χ0v) is 9.87. The summed E-state index contributed by atoms with van der Waals surface area (Å²) in [5.74, 6) is -0.558. The van der Waals surface area contributed by atoms with Gasteiger partial charge >= 0.3 is 0 Å². The van der Waals surface area contributed by atoms with Crippen molar-refractivity contribution in [3.63, 3.8) is 0 Å². The molecule has 5 heteroatoms. The van der Waals surface area contributed by atoms with Gasteiger partial charge in [0.15, 0.2) is 0 Å². The van der Waals surface area contributed by atoms with E-state index in [0.717, 1.165) is 11.6 Å². The number of hydrogen-bond donors (Lipinski definition) is 2. The van der Waals surface area contributed by atoms with Gasteiger partial charge in [-0.15, -0.1) is 0 Å². The van der Waals surface area contributed by atoms with Gasteiger partial charge in [0.1, 0.15) is 17.5 Å². The molecule has 0 atom stereocenters. The maximum Gasteiger partial charge on any atom is 0.131 e. The second-order valence-electron chi connectivity index (χ2n) is 4.02. The lowest BCUT2D eigenvalue weighted by Crippen LogP contribution is -2.04. The van der Waals surface area contributed by atoms with Gasteiger partial charge in [-0.3, -0.25) is 0 Å². The summed E-state index contributed by atoms with van der Waals surface area (Å²) in [6.45, 7) is 2.10. The maximum atomic E-state index is 13.4. The van der Waals surface area contributed by atoms with E-state index in [1.54, 1.807) is 12.3 Å². The van der Waals surface area contributed by atoms with E-state index >= 15 is 0 Å². The minimum absolute atomic E-state index is 0.239. The molecule has 18 heavy (non-hydrogen) atoms. The van der Waals surface area contributed by atoms with Crippen molar-refractivity contribution >= 4 is 11.5 Å². The van der Waals surface area contributed by atoms with Crippen LogP contribution in [0.15, 0.2) is 30.5 Å². The fourth-order valence-corrected chi connectivity index (χ4v) is 1.51. The molecule has 0 radical (unpaired) electrons. The van der Waals surface area contributed by atoms with E-state index in [0.29, 0.717) is 17.1 Å². The first kappa shape index (κ1) is 12.3. The Morgan fingerprint density at radius 3 is 2.72 bits per heavy atom. The molecule has 2 aromatic rings. The molecule has 3 nitrogen and oxygen atoms in total.